The van der Waals surface area contributed by atoms with Gasteiger partial charge >= 0.3 is 0 Å². The zero-order chi connectivity index (χ0) is 10.8. The van der Waals surface area contributed by atoms with Crippen molar-refractivity contribution in [2.75, 3.05) is 0 Å². The molecule has 1 aromatic rings. The van der Waals surface area contributed by atoms with Crippen molar-refractivity contribution in [1.29, 1.82) is 0 Å². The Morgan fingerprint density at radius 3 is 2.36 bits per heavy atom. The van der Waals surface area contributed by atoms with E-state index in [0.29, 0.717) is 6.61 Å². The first-order chi connectivity index (χ1) is 6.45. The van der Waals surface area contributed by atoms with Crippen molar-refractivity contribution in [3.05, 3.63) is 34.9 Å². The fraction of sp³-hybridized carbons (Fsp3) is 0.500. The summed E-state index contributed by atoms with van der Waals surface area (Å²) in [4.78, 5) is 4.63. The van der Waals surface area contributed by atoms with Crippen molar-refractivity contribution in [1.82, 2.24) is 0 Å². The summed E-state index contributed by atoms with van der Waals surface area (Å²) in [5, 5.41) is 0. The van der Waals surface area contributed by atoms with Gasteiger partial charge in [-0.25, -0.2) is 5.90 Å². The zero-order valence-electron chi connectivity index (χ0n) is 9.42. The summed E-state index contributed by atoms with van der Waals surface area (Å²) in [6.07, 6.45) is 0. The smallest absolute Gasteiger partial charge is 0.0932 e. The van der Waals surface area contributed by atoms with Crippen molar-refractivity contribution >= 4 is 0 Å². The average molecular weight is 193 g/mol. The summed E-state index contributed by atoms with van der Waals surface area (Å²) in [5.74, 6) is 5.05. The Hall–Kier alpha value is -0.860. The van der Waals surface area contributed by atoms with E-state index in [0.717, 1.165) is 5.56 Å². The van der Waals surface area contributed by atoms with Crippen LogP contribution >= 0.6 is 0 Å². The van der Waals surface area contributed by atoms with Crippen LogP contribution in [-0.2, 0) is 16.9 Å². The van der Waals surface area contributed by atoms with E-state index < -0.39 is 0 Å². The fourth-order valence-corrected chi connectivity index (χ4v) is 1.41. The molecule has 2 nitrogen and oxygen atoms in total. The van der Waals surface area contributed by atoms with Gasteiger partial charge in [-0.05, 0) is 29.0 Å². The summed E-state index contributed by atoms with van der Waals surface area (Å²) in [6, 6.07) is 6.43. The topological polar surface area (TPSA) is 35.2 Å². The molecule has 0 atom stereocenters. The SMILES string of the molecule is Cc1cc(C(C)(C)C)ccc1CON. The maximum Gasteiger partial charge on any atom is 0.0932 e. The van der Waals surface area contributed by atoms with Crippen molar-refractivity contribution in [2.24, 2.45) is 5.90 Å². The fourth-order valence-electron chi connectivity index (χ4n) is 1.41. The van der Waals surface area contributed by atoms with Crippen molar-refractivity contribution in [2.45, 2.75) is 39.7 Å². The van der Waals surface area contributed by atoms with E-state index >= 15 is 0 Å². The zero-order valence-corrected chi connectivity index (χ0v) is 9.42. The maximum absolute atomic E-state index is 5.05. The molecule has 2 N–H and O–H groups in total. The van der Waals surface area contributed by atoms with Crippen LogP contribution in [0.15, 0.2) is 18.2 Å². The van der Waals surface area contributed by atoms with Crippen LogP contribution in [0.4, 0.5) is 0 Å². The lowest BCUT2D eigenvalue weighted by Crippen LogP contribution is -2.12. The minimum Gasteiger partial charge on any atom is -0.300 e. The third-order valence-corrected chi connectivity index (χ3v) is 2.45. The van der Waals surface area contributed by atoms with E-state index in [1.54, 1.807) is 0 Å². The van der Waals surface area contributed by atoms with Gasteiger partial charge in [0, 0.05) is 0 Å². The lowest BCUT2D eigenvalue weighted by Gasteiger charge is -2.20. The molecule has 0 saturated carbocycles. The Kier molecular flexibility index (Phi) is 3.29. The quantitative estimate of drug-likeness (QED) is 0.733. The Bertz CT molecular complexity index is 313. The molecular formula is C12H19NO. The van der Waals surface area contributed by atoms with E-state index in [1.807, 2.05) is 0 Å². The second-order valence-corrected chi connectivity index (χ2v) is 4.70. The first kappa shape index (κ1) is 11.2. The Labute approximate surface area is 86.0 Å². The highest BCUT2D eigenvalue weighted by atomic mass is 16.6. The molecule has 0 heterocycles. The van der Waals surface area contributed by atoms with Crippen LogP contribution in [-0.4, -0.2) is 0 Å². The number of benzene rings is 1. The molecule has 0 unspecified atom stereocenters. The van der Waals surface area contributed by atoms with E-state index in [-0.39, 0.29) is 5.41 Å². The number of nitrogens with two attached hydrogens (primary N) is 1. The van der Waals surface area contributed by atoms with Crippen LogP contribution in [0.3, 0.4) is 0 Å². The Morgan fingerprint density at radius 1 is 1.29 bits per heavy atom. The number of hydrogen-bond donors (Lipinski definition) is 1. The van der Waals surface area contributed by atoms with Crippen molar-refractivity contribution in [3.63, 3.8) is 0 Å². The monoisotopic (exact) mass is 193 g/mol. The van der Waals surface area contributed by atoms with Gasteiger partial charge in [0.05, 0.1) is 6.61 Å². The molecule has 0 saturated heterocycles. The molecule has 0 aliphatic rings. The second-order valence-electron chi connectivity index (χ2n) is 4.70. The molecule has 0 aliphatic carbocycles. The van der Waals surface area contributed by atoms with Crippen LogP contribution in [0.1, 0.15) is 37.5 Å². The second kappa shape index (κ2) is 4.11. The van der Waals surface area contributed by atoms with Gasteiger partial charge in [0.1, 0.15) is 0 Å². The van der Waals surface area contributed by atoms with Crippen molar-refractivity contribution < 1.29 is 4.84 Å². The molecule has 0 fully saturated rings. The molecule has 0 bridgehead atoms. The minimum absolute atomic E-state index is 0.201. The predicted octanol–water partition coefficient (Wildman–Crippen LogP) is 2.68. The summed E-state index contributed by atoms with van der Waals surface area (Å²) in [5.41, 5.74) is 3.94. The largest absolute Gasteiger partial charge is 0.300 e. The Balaban J connectivity index is 3.01. The van der Waals surface area contributed by atoms with E-state index in [4.69, 9.17) is 5.90 Å². The molecule has 0 spiro atoms. The van der Waals surface area contributed by atoms with Gasteiger partial charge < -0.3 is 0 Å². The first-order valence-corrected chi connectivity index (χ1v) is 4.87. The maximum atomic E-state index is 5.05. The van der Waals surface area contributed by atoms with Crippen LogP contribution in [0.2, 0.25) is 0 Å². The third kappa shape index (κ3) is 2.56. The molecule has 0 aromatic heterocycles. The average Bonchev–Trinajstić information content (AvgIpc) is 2.07. The molecule has 0 amide bonds. The molecule has 2 heteroatoms. The van der Waals surface area contributed by atoms with Gasteiger partial charge in [0.15, 0.2) is 0 Å². The number of rotatable bonds is 2. The minimum atomic E-state index is 0.201. The highest BCUT2D eigenvalue weighted by Gasteiger charge is 2.14. The third-order valence-electron chi connectivity index (χ3n) is 2.45. The van der Waals surface area contributed by atoms with Gasteiger partial charge in [-0.3, -0.25) is 4.84 Å². The number of hydrogen-bond acceptors (Lipinski definition) is 2. The van der Waals surface area contributed by atoms with Gasteiger partial charge in [0.2, 0.25) is 0 Å². The van der Waals surface area contributed by atoms with Gasteiger partial charge in [0.25, 0.3) is 0 Å². The van der Waals surface area contributed by atoms with Crippen LogP contribution in [0, 0.1) is 6.92 Å². The van der Waals surface area contributed by atoms with Gasteiger partial charge in [-0.15, -0.1) is 0 Å². The molecular weight excluding hydrogens is 174 g/mol. The molecule has 1 aromatic carbocycles. The lowest BCUT2D eigenvalue weighted by atomic mass is 9.85. The van der Waals surface area contributed by atoms with Crippen LogP contribution in [0.5, 0.6) is 0 Å². The van der Waals surface area contributed by atoms with Gasteiger partial charge in [-0.1, -0.05) is 39.0 Å². The van der Waals surface area contributed by atoms with E-state index in [1.165, 1.54) is 11.1 Å². The van der Waals surface area contributed by atoms with Crippen molar-refractivity contribution in [3.8, 4) is 0 Å². The normalized spacial score (nSPS) is 11.8. The van der Waals surface area contributed by atoms with E-state index in [2.05, 4.69) is 50.7 Å². The highest BCUT2D eigenvalue weighted by molar-refractivity contribution is 5.33. The summed E-state index contributed by atoms with van der Waals surface area (Å²) in [7, 11) is 0. The highest BCUT2D eigenvalue weighted by Crippen LogP contribution is 2.24. The molecule has 78 valence electrons. The summed E-state index contributed by atoms with van der Waals surface area (Å²) < 4.78 is 0. The predicted molar refractivity (Wildman–Crippen MR) is 58.9 cm³/mol. The first-order valence-electron chi connectivity index (χ1n) is 4.87. The summed E-state index contributed by atoms with van der Waals surface area (Å²) >= 11 is 0. The molecule has 14 heavy (non-hydrogen) atoms. The summed E-state index contributed by atoms with van der Waals surface area (Å²) in [6.45, 7) is 9.20. The van der Waals surface area contributed by atoms with Gasteiger partial charge in [-0.2, -0.15) is 0 Å². The van der Waals surface area contributed by atoms with E-state index in [9.17, 15) is 0 Å². The molecule has 0 aliphatic heterocycles. The van der Waals surface area contributed by atoms with Crippen LogP contribution < -0.4 is 5.90 Å². The molecule has 0 radical (unpaired) electrons. The van der Waals surface area contributed by atoms with Crippen LogP contribution in [0.25, 0.3) is 0 Å². The standard InChI is InChI=1S/C12H19NO/c1-9-7-11(12(2,3)4)6-5-10(9)8-14-13/h5-7H,8,13H2,1-4H3. The number of aryl methyl sites for hydroxylation is 1. The lowest BCUT2D eigenvalue weighted by molar-refractivity contribution is 0.123. The molecule has 1 rings (SSSR count). The Morgan fingerprint density at radius 2 is 1.93 bits per heavy atom.